The van der Waals surface area contributed by atoms with Crippen molar-refractivity contribution in [1.82, 2.24) is 10.2 Å². The maximum atomic E-state index is 12.2. The zero-order valence-corrected chi connectivity index (χ0v) is 11.8. The Kier molecular flexibility index (Phi) is 5.57. The quantitative estimate of drug-likeness (QED) is 0.864. The van der Waals surface area contributed by atoms with E-state index in [1.54, 1.807) is 4.90 Å². The Morgan fingerprint density at radius 2 is 1.90 bits per heavy atom. The molecule has 1 fully saturated rings. The zero-order chi connectivity index (χ0) is 15.1. The number of nitrogens with one attached hydrogen (secondary N) is 1. The molecule has 0 spiro atoms. The molecule has 0 bridgehead atoms. The molecule has 1 aromatic carbocycles. The van der Waals surface area contributed by atoms with Gasteiger partial charge in [0.25, 0.3) is 0 Å². The highest BCUT2D eigenvalue weighted by atomic mass is 16.5. The molecule has 1 aliphatic rings. The number of nitrogens with zero attached hydrogens (tertiary/aromatic N) is 1. The van der Waals surface area contributed by atoms with Crippen molar-refractivity contribution in [3.8, 4) is 0 Å². The molecule has 2 rings (SSSR count). The second-order valence-electron chi connectivity index (χ2n) is 4.94. The van der Waals surface area contributed by atoms with Gasteiger partial charge in [0, 0.05) is 19.5 Å². The van der Waals surface area contributed by atoms with Gasteiger partial charge in [-0.15, -0.1) is 0 Å². The summed E-state index contributed by atoms with van der Waals surface area (Å²) in [5.74, 6) is -0.864. The number of amides is 2. The normalized spacial score (nSPS) is 16.3. The number of hydrogen-bond donors (Lipinski definition) is 2. The molecule has 1 aromatic rings. The first-order chi connectivity index (χ1) is 10.2. The molecule has 6 nitrogen and oxygen atoms in total. The van der Waals surface area contributed by atoms with Crippen molar-refractivity contribution in [2.24, 2.45) is 0 Å². The van der Waals surface area contributed by atoms with E-state index in [0.717, 1.165) is 5.56 Å². The number of carbonyl (C=O) groups is 2. The van der Waals surface area contributed by atoms with Crippen molar-refractivity contribution in [2.45, 2.75) is 18.9 Å². The summed E-state index contributed by atoms with van der Waals surface area (Å²) < 4.78 is 5.22. The Morgan fingerprint density at radius 1 is 1.24 bits per heavy atom. The van der Waals surface area contributed by atoms with Crippen LogP contribution in [0, 0.1) is 0 Å². The number of carboxylic acids is 1. The van der Waals surface area contributed by atoms with Gasteiger partial charge in [-0.3, -0.25) is 4.79 Å². The van der Waals surface area contributed by atoms with Crippen LogP contribution in [-0.4, -0.2) is 48.3 Å². The Bertz CT molecular complexity index is 472. The van der Waals surface area contributed by atoms with Gasteiger partial charge < -0.3 is 20.1 Å². The van der Waals surface area contributed by atoms with Gasteiger partial charge in [0.15, 0.2) is 0 Å². The van der Waals surface area contributed by atoms with Crippen molar-refractivity contribution in [2.75, 3.05) is 26.3 Å². The van der Waals surface area contributed by atoms with Gasteiger partial charge in [0.1, 0.15) is 0 Å². The fraction of sp³-hybridized carbons (Fsp3) is 0.467. The topological polar surface area (TPSA) is 78.9 Å². The first-order valence-electron chi connectivity index (χ1n) is 7.07. The van der Waals surface area contributed by atoms with E-state index in [2.05, 4.69) is 5.32 Å². The number of urea groups is 1. The molecule has 2 amide bonds. The lowest BCUT2D eigenvalue weighted by atomic mass is 10.0. The summed E-state index contributed by atoms with van der Waals surface area (Å²) in [6.07, 6.45) is 0.387. The lowest BCUT2D eigenvalue weighted by molar-refractivity contribution is -0.137. The average Bonchev–Trinajstić information content (AvgIpc) is 2.52. The maximum Gasteiger partial charge on any atom is 0.318 e. The standard InChI is InChI=1S/C15H20N2O4/c18-14(19)7-6-13(12-4-2-1-3-5-12)16-15(20)17-8-10-21-11-9-17/h1-5,13H,6-11H2,(H,16,20)(H,18,19). The number of carboxylic acid groups (broad SMARTS) is 1. The lowest BCUT2D eigenvalue weighted by Gasteiger charge is -2.29. The van der Waals surface area contributed by atoms with Gasteiger partial charge in [-0.1, -0.05) is 30.3 Å². The Balaban J connectivity index is 2.00. The molecule has 0 aromatic heterocycles. The highest BCUT2D eigenvalue weighted by Crippen LogP contribution is 2.19. The van der Waals surface area contributed by atoms with Crippen LogP contribution >= 0.6 is 0 Å². The van der Waals surface area contributed by atoms with Crippen molar-refractivity contribution in [1.29, 1.82) is 0 Å². The van der Waals surface area contributed by atoms with E-state index >= 15 is 0 Å². The summed E-state index contributed by atoms with van der Waals surface area (Å²) in [6, 6.07) is 8.98. The summed E-state index contributed by atoms with van der Waals surface area (Å²) in [4.78, 5) is 24.7. The number of morpholine rings is 1. The number of benzene rings is 1. The van der Waals surface area contributed by atoms with Gasteiger partial charge in [-0.05, 0) is 12.0 Å². The van der Waals surface area contributed by atoms with Gasteiger partial charge in [-0.2, -0.15) is 0 Å². The Hall–Kier alpha value is -2.08. The predicted octanol–water partition coefficient (Wildman–Crippen LogP) is 1.63. The van der Waals surface area contributed by atoms with Crippen LogP contribution in [0.5, 0.6) is 0 Å². The summed E-state index contributed by atoms with van der Waals surface area (Å²) in [6.45, 7) is 2.20. The molecular weight excluding hydrogens is 272 g/mol. The second kappa shape index (κ2) is 7.64. The van der Waals surface area contributed by atoms with Crippen molar-refractivity contribution in [3.63, 3.8) is 0 Å². The van der Waals surface area contributed by atoms with Gasteiger partial charge in [0.05, 0.1) is 19.3 Å². The summed E-state index contributed by atoms with van der Waals surface area (Å²) in [5, 5.41) is 11.8. The van der Waals surface area contributed by atoms with Crippen LogP contribution in [-0.2, 0) is 9.53 Å². The Morgan fingerprint density at radius 3 is 2.52 bits per heavy atom. The molecule has 1 aliphatic heterocycles. The van der Waals surface area contributed by atoms with Gasteiger partial charge in [0.2, 0.25) is 0 Å². The summed E-state index contributed by atoms with van der Waals surface area (Å²) in [7, 11) is 0. The van der Waals surface area contributed by atoms with Crippen LogP contribution in [0.25, 0.3) is 0 Å². The van der Waals surface area contributed by atoms with Crippen LogP contribution in [0.3, 0.4) is 0 Å². The van der Waals surface area contributed by atoms with E-state index < -0.39 is 5.97 Å². The fourth-order valence-corrected chi connectivity index (χ4v) is 2.28. The molecule has 6 heteroatoms. The van der Waals surface area contributed by atoms with E-state index in [1.807, 2.05) is 30.3 Å². The van der Waals surface area contributed by atoms with Crippen LogP contribution in [0.1, 0.15) is 24.4 Å². The smallest absolute Gasteiger partial charge is 0.318 e. The average molecular weight is 292 g/mol. The minimum absolute atomic E-state index is 0.0168. The monoisotopic (exact) mass is 292 g/mol. The number of ether oxygens (including phenoxy) is 1. The maximum absolute atomic E-state index is 12.2. The summed E-state index contributed by atoms with van der Waals surface area (Å²) in [5.41, 5.74) is 0.917. The number of hydrogen-bond acceptors (Lipinski definition) is 3. The molecule has 114 valence electrons. The minimum Gasteiger partial charge on any atom is -0.481 e. The van der Waals surface area contributed by atoms with Crippen LogP contribution in [0.4, 0.5) is 4.79 Å². The number of carbonyl (C=O) groups excluding carboxylic acids is 1. The first kappa shape index (κ1) is 15.3. The van der Waals surface area contributed by atoms with Crippen molar-refractivity contribution >= 4 is 12.0 Å². The highest BCUT2D eigenvalue weighted by molar-refractivity contribution is 5.75. The van der Waals surface area contributed by atoms with Crippen molar-refractivity contribution in [3.05, 3.63) is 35.9 Å². The van der Waals surface area contributed by atoms with Crippen molar-refractivity contribution < 1.29 is 19.4 Å². The second-order valence-corrected chi connectivity index (χ2v) is 4.94. The third-order valence-corrected chi connectivity index (χ3v) is 3.44. The molecule has 0 aliphatic carbocycles. The fourth-order valence-electron chi connectivity index (χ4n) is 2.28. The molecule has 1 unspecified atom stereocenters. The molecule has 1 saturated heterocycles. The van der Waals surface area contributed by atoms with Crippen LogP contribution < -0.4 is 5.32 Å². The van der Waals surface area contributed by atoms with E-state index in [1.165, 1.54) is 0 Å². The summed E-state index contributed by atoms with van der Waals surface area (Å²) >= 11 is 0. The molecular formula is C15H20N2O4. The molecule has 2 N–H and O–H groups in total. The van der Waals surface area contributed by atoms with E-state index in [9.17, 15) is 9.59 Å². The Labute approximate surface area is 123 Å². The lowest BCUT2D eigenvalue weighted by Crippen LogP contribution is -2.47. The first-order valence-corrected chi connectivity index (χ1v) is 7.07. The number of aliphatic carboxylic acids is 1. The molecule has 0 saturated carbocycles. The SMILES string of the molecule is O=C(O)CCC(NC(=O)N1CCOCC1)c1ccccc1. The molecule has 0 radical (unpaired) electrons. The van der Waals surface area contributed by atoms with Crippen LogP contribution in [0.15, 0.2) is 30.3 Å². The van der Waals surface area contributed by atoms with Gasteiger partial charge >= 0.3 is 12.0 Å². The third-order valence-electron chi connectivity index (χ3n) is 3.44. The van der Waals surface area contributed by atoms with Gasteiger partial charge in [-0.25, -0.2) is 4.79 Å². The van der Waals surface area contributed by atoms with Crippen LogP contribution in [0.2, 0.25) is 0 Å². The highest BCUT2D eigenvalue weighted by Gasteiger charge is 2.21. The minimum atomic E-state index is -0.864. The largest absolute Gasteiger partial charge is 0.481 e. The zero-order valence-electron chi connectivity index (χ0n) is 11.8. The predicted molar refractivity (Wildman–Crippen MR) is 77.0 cm³/mol. The van der Waals surface area contributed by atoms with E-state index in [0.29, 0.717) is 32.7 Å². The third kappa shape index (κ3) is 4.75. The van der Waals surface area contributed by atoms with E-state index in [4.69, 9.17) is 9.84 Å². The molecule has 1 heterocycles. The number of rotatable bonds is 5. The van der Waals surface area contributed by atoms with E-state index in [-0.39, 0.29) is 18.5 Å². The molecule has 21 heavy (non-hydrogen) atoms. The molecule has 1 atom stereocenters.